The lowest BCUT2D eigenvalue weighted by Crippen LogP contribution is -2.36. The summed E-state index contributed by atoms with van der Waals surface area (Å²) in [5.74, 6) is -5.25. The van der Waals surface area contributed by atoms with Crippen LogP contribution in [0.25, 0.3) is 16.6 Å². The van der Waals surface area contributed by atoms with E-state index in [1.807, 2.05) is 20.0 Å². The number of alkyl halides is 3. The highest BCUT2D eigenvalue weighted by molar-refractivity contribution is 5.87. The van der Waals surface area contributed by atoms with Crippen LogP contribution >= 0.6 is 0 Å². The second-order valence-corrected chi connectivity index (χ2v) is 7.79. The normalized spacial score (nSPS) is 15.5. The van der Waals surface area contributed by atoms with Crippen molar-refractivity contribution >= 4 is 16.6 Å². The third-order valence-electron chi connectivity index (χ3n) is 5.91. The minimum atomic E-state index is -5.11. The highest BCUT2D eigenvalue weighted by Crippen LogP contribution is 2.39. The van der Waals surface area contributed by atoms with Gasteiger partial charge in [-0.15, -0.1) is 0 Å². The molecule has 32 heavy (non-hydrogen) atoms. The Balaban J connectivity index is 1.85. The number of anilines is 1. The molecular formula is C22H22F5N3O2. The van der Waals surface area contributed by atoms with Crippen LogP contribution in [0, 0.1) is 11.6 Å². The Morgan fingerprint density at radius 2 is 1.84 bits per heavy atom. The Bertz CT molecular complexity index is 1150. The molecule has 0 atom stereocenters. The van der Waals surface area contributed by atoms with E-state index in [4.69, 9.17) is 4.74 Å². The first-order valence-electron chi connectivity index (χ1n) is 10.2. The van der Waals surface area contributed by atoms with E-state index in [2.05, 4.69) is 10.00 Å². The summed E-state index contributed by atoms with van der Waals surface area (Å²) in [6, 6.07) is 5.89. The molecule has 0 spiro atoms. The molecule has 172 valence electrons. The van der Waals surface area contributed by atoms with Crippen molar-refractivity contribution in [3.63, 3.8) is 0 Å². The number of benzene rings is 2. The van der Waals surface area contributed by atoms with Crippen LogP contribution in [0.3, 0.4) is 0 Å². The fraction of sp³-hybridized carbons (Fsp3) is 0.409. The van der Waals surface area contributed by atoms with E-state index < -0.39 is 34.8 Å². The smallest absolute Gasteiger partial charge is 0.419 e. The zero-order chi connectivity index (χ0) is 23.2. The summed E-state index contributed by atoms with van der Waals surface area (Å²) < 4.78 is 74.7. The summed E-state index contributed by atoms with van der Waals surface area (Å²) >= 11 is 0. The van der Waals surface area contributed by atoms with Gasteiger partial charge in [-0.05, 0) is 43.5 Å². The van der Waals surface area contributed by atoms with Gasteiger partial charge < -0.3 is 14.7 Å². The van der Waals surface area contributed by atoms with E-state index in [0.717, 1.165) is 23.2 Å². The van der Waals surface area contributed by atoms with Crippen molar-refractivity contribution in [2.24, 2.45) is 0 Å². The Labute approximate surface area is 181 Å². The number of ether oxygens (including phenoxy) is 1. The van der Waals surface area contributed by atoms with Gasteiger partial charge in [-0.3, -0.25) is 0 Å². The number of halogens is 5. The van der Waals surface area contributed by atoms with E-state index in [9.17, 15) is 27.1 Å². The first-order chi connectivity index (χ1) is 15.1. The molecule has 0 unspecified atom stereocenters. The summed E-state index contributed by atoms with van der Waals surface area (Å²) in [4.78, 5) is 2.12. The fourth-order valence-electron chi connectivity index (χ4n) is 4.08. The standard InChI is InChI=1S/C22H22F5N3O2/c1-3-16-14-10-13(29(2)12-6-8-32-9-7-12)4-5-17(14)30(28-16)18-11-15(22(25,26)27)19(23)21(31)20(18)24/h4-5,10-12,31H,3,6-9H2,1-2H3. The summed E-state index contributed by atoms with van der Waals surface area (Å²) in [5.41, 5.74) is -0.657. The zero-order valence-corrected chi connectivity index (χ0v) is 17.5. The van der Waals surface area contributed by atoms with E-state index in [1.165, 1.54) is 0 Å². The third kappa shape index (κ3) is 3.76. The predicted molar refractivity (Wildman–Crippen MR) is 109 cm³/mol. The predicted octanol–water partition coefficient (Wildman–Crippen LogP) is 5.21. The van der Waals surface area contributed by atoms with Gasteiger partial charge in [0.1, 0.15) is 5.69 Å². The Morgan fingerprint density at radius 3 is 2.47 bits per heavy atom. The van der Waals surface area contributed by atoms with Crippen molar-refractivity contribution in [3.05, 3.63) is 47.2 Å². The molecule has 0 aliphatic carbocycles. The van der Waals surface area contributed by atoms with E-state index in [-0.39, 0.29) is 6.04 Å². The molecule has 1 aromatic heterocycles. The van der Waals surface area contributed by atoms with Gasteiger partial charge >= 0.3 is 6.18 Å². The summed E-state index contributed by atoms with van der Waals surface area (Å²) in [7, 11) is 1.96. The monoisotopic (exact) mass is 455 g/mol. The summed E-state index contributed by atoms with van der Waals surface area (Å²) in [6.45, 7) is 3.16. The molecule has 4 rings (SSSR count). The number of aryl methyl sites for hydroxylation is 1. The Morgan fingerprint density at radius 1 is 1.16 bits per heavy atom. The maximum Gasteiger partial charge on any atom is 0.419 e. The van der Waals surface area contributed by atoms with Gasteiger partial charge in [0.05, 0.1) is 16.8 Å². The number of aromatic hydroxyl groups is 1. The lowest BCUT2D eigenvalue weighted by molar-refractivity contribution is -0.140. The molecule has 10 heteroatoms. The first kappa shape index (κ1) is 22.3. The second-order valence-electron chi connectivity index (χ2n) is 7.79. The van der Waals surface area contributed by atoms with Crippen molar-refractivity contribution in [2.45, 2.75) is 38.4 Å². The number of aromatic nitrogens is 2. The van der Waals surface area contributed by atoms with Gasteiger partial charge in [0.2, 0.25) is 0 Å². The Kier molecular flexibility index (Phi) is 5.74. The molecule has 1 fully saturated rings. The van der Waals surface area contributed by atoms with Gasteiger partial charge in [-0.2, -0.15) is 18.3 Å². The largest absolute Gasteiger partial charge is 0.503 e. The molecular weight excluding hydrogens is 433 g/mol. The number of hydrogen-bond acceptors (Lipinski definition) is 4. The minimum Gasteiger partial charge on any atom is -0.503 e. The maximum absolute atomic E-state index is 14.7. The van der Waals surface area contributed by atoms with Crippen LogP contribution in [0.5, 0.6) is 5.75 Å². The zero-order valence-electron chi connectivity index (χ0n) is 17.5. The van der Waals surface area contributed by atoms with Crippen LogP contribution in [0.2, 0.25) is 0 Å². The number of hydrogen-bond donors (Lipinski definition) is 1. The molecule has 0 amide bonds. The molecule has 0 radical (unpaired) electrons. The molecule has 1 aliphatic heterocycles. The van der Waals surface area contributed by atoms with Crippen molar-refractivity contribution in [1.29, 1.82) is 0 Å². The third-order valence-corrected chi connectivity index (χ3v) is 5.91. The molecule has 1 N–H and O–H groups in total. The molecule has 3 aromatic rings. The van der Waals surface area contributed by atoms with Crippen LogP contribution in [0.4, 0.5) is 27.6 Å². The number of phenols is 1. The van der Waals surface area contributed by atoms with Crippen molar-refractivity contribution < 1.29 is 31.8 Å². The van der Waals surface area contributed by atoms with E-state index >= 15 is 0 Å². The highest BCUT2D eigenvalue weighted by Gasteiger charge is 2.38. The van der Waals surface area contributed by atoms with E-state index in [1.54, 1.807) is 12.1 Å². The highest BCUT2D eigenvalue weighted by atomic mass is 19.4. The number of phenolic OH excluding ortho intramolecular Hbond substituents is 1. The van der Waals surface area contributed by atoms with Crippen LogP contribution in [0.1, 0.15) is 31.0 Å². The average Bonchev–Trinajstić information content (AvgIpc) is 3.14. The molecule has 5 nitrogen and oxygen atoms in total. The molecule has 2 heterocycles. The SMILES string of the molecule is CCc1nn(-c2cc(C(F)(F)F)c(F)c(O)c2F)c2ccc(N(C)C3CCOCC3)cc12. The molecule has 0 saturated carbocycles. The molecule has 1 saturated heterocycles. The number of fused-ring (bicyclic) bond motifs is 1. The number of rotatable bonds is 4. The lowest BCUT2D eigenvalue weighted by Gasteiger charge is -2.33. The van der Waals surface area contributed by atoms with Crippen molar-refractivity contribution in [2.75, 3.05) is 25.2 Å². The first-order valence-corrected chi connectivity index (χ1v) is 10.2. The van der Waals surface area contributed by atoms with Gasteiger partial charge in [0.25, 0.3) is 0 Å². The Hall–Kier alpha value is -2.88. The van der Waals surface area contributed by atoms with Crippen LogP contribution in [-0.2, 0) is 17.3 Å². The summed E-state index contributed by atoms with van der Waals surface area (Å²) in [6.07, 6.45) is -2.93. The fourth-order valence-corrected chi connectivity index (χ4v) is 4.08. The van der Waals surface area contributed by atoms with Gasteiger partial charge in [0.15, 0.2) is 17.4 Å². The lowest BCUT2D eigenvalue weighted by atomic mass is 10.1. The van der Waals surface area contributed by atoms with Crippen LogP contribution < -0.4 is 4.90 Å². The quantitative estimate of drug-likeness (QED) is 0.549. The van der Waals surface area contributed by atoms with Gasteiger partial charge in [0, 0.05) is 37.4 Å². The maximum atomic E-state index is 14.7. The number of nitrogens with zero attached hydrogens (tertiary/aromatic N) is 3. The summed E-state index contributed by atoms with van der Waals surface area (Å²) in [5, 5.41) is 14.6. The molecule has 0 bridgehead atoms. The van der Waals surface area contributed by atoms with Crippen molar-refractivity contribution in [3.8, 4) is 11.4 Å². The minimum absolute atomic E-state index is 0.280. The van der Waals surface area contributed by atoms with Crippen LogP contribution in [-0.4, -0.2) is 41.2 Å². The topological polar surface area (TPSA) is 50.5 Å². The van der Waals surface area contributed by atoms with Gasteiger partial charge in [-0.25, -0.2) is 13.5 Å². The van der Waals surface area contributed by atoms with E-state index in [0.29, 0.717) is 42.3 Å². The van der Waals surface area contributed by atoms with Crippen LogP contribution in [0.15, 0.2) is 24.3 Å². The molecule has 2 aromatic carbocycles. The second kappa shape index (κ2) is 8.23. The van der Waals surface area contributed by atoms with Gasteiger partial charge in [-0.1, -0.05) is 6.92 Å². The average molecular weight is 455 g/mol. The van der Waals surface area contributed by atoms with Crippen molar-refractivity contribution in [1.82, 2.24) is 9.78 Å². The molecule has 1 aliphatic rings.